The van der Waals surface area contributed by atoms with E-state index in [0.717, 1.165) is 12.8 Å². The van der Waals surface area contributed by atoms with Gasteiger partial charge in [-0.25, -0.2) is 4.79 Å². The van der Waals surface area contributed by atoms with E-state index in [1.165, 1.54) is 16.7 Å². The first-order chi connectivity index (χ1) is 8.13. The van der Waals surface area contributed by atoms with E-state index in [2.05, 4.69) is 41.7 Å². The average molecular weight is 233 g/mol. The number of benzene rings is 1. The first-order valence-corrected chi connectivity index (χ1v) is 5.66. The molecule has 0 amide bonds. The molecule has 1 aromatic heterocycles. The second-order valence-corrected chi connectivity index (χ2v) is 4.28. The third-order valence-corrected chi connectivity index (χ3v) is 2.56. The lowest BCUT2D eigenvalue weighted by Crippen LogP contribution is -1.92. The van der Waals surface area contributed by atoms with E-state index in [9.17, 15) is 4.79 Å². The topological polar surface area (TPSA) is 56.2 Å². The lowest BCUT2D eigenvalue weighted by atomic mass is 10.0. The Bertz CT molecular complexity index is 534. The van der Waals surface area contributed by atoms with Crippen molar-refractivity contribution in [3.63, 3.8) is 0 Å². The molecule has 0 fully saturated rings. The van der Waals surface area contributed by atoms with Crippen molar-refractivity contribution >= 4 is 0 Å². The highest BCUT2D eigenvalue weighted by atomic mass is 16.6. The highest BCUT2D eigenvalue weighted by Crippen LogP contribution is 2.11. The summed E-state index contributed by atoms with van der Waals surface area (Å²) in [5.41, 5.74) is 3.84. The van der Waals surface area contributed by atoms with Crippen LogP contribution in [0.2, 0.25) is 0 Å². The van der Waals surface area contributed by atoms with Gasteiger partial charge in [0.2, 0.25) is 5.89 Å². The molecule has 4 nitrogen and oxygen atoms in total. The predicted octanol–water partition coefficient (Wildman–Crippen LogP) is 2.42. The van der Waals surface area contributed by atoms with Crippen molar-refractivity contribution in [2.24, 2.45) is 0 Å². The van der Waals surface area contributed by atoms with Crippen LogP contribution in [0, 0.1) is 13.8 Å². The van der Waals surface area contributed by atoms with E-state index >= 15 is 0 Å². The Morgan fingerprint density at radius 2 is 1.82 bits per heavy atom. The van der Waals surface area contributed by atoms with Gasteiger partial charge in [-0.2, -0.15) is 0 Å². The molecule has 2 rings (SSSR count). The molecule has 0 unspecified atom stereocenters. The second-order valence-electron chi connectivity index (χ2n) is 4.28. The first-order valence-electron chi connectivity index (χ1n) is 5.66. The van der Waals surface area contributed by atoms with Crippen LogP contribution in [0.25, 0.3) is 0 Å². The van der Waals surface area contributed by atoms with E-state index in [0.29, 0.717) is 12.3 Å². The van der Waals surface area contributed by atoms with Crippen molar-refractivity contribution in [2.75, 3.05) is 0 Å². The molecule has 0 bridgehead atoms. The summed E-state index contributed by atoms with van der Waals surface area (Å²) in [7, 11) is 0. The van der Waals surface area contributed by atoms with Gasteiger partial charge in [0.05, 0.1) is 0 Å². The fourth-order valence-electron chi connectivity index (χ4n) is 1.98. The molecule has 1 aromatic carbocycles. The quantitative estimate of drug-likeness (QED) is 0.813. The van der Waals surface area contributed by atoms with E-state index in [1.54, 1.807) is 0 Å². The zero-order valence-corrected chi connectivity index (χ0v) is 10.0. The maximum Gasteiger partial charge on any atom is 0.542 e. The fraction of sp³-hybridized carbons (Fsp3) is 0.385. The average Bonchev–Trinajstić information content (AvgIpc) is 2.63. The highest BCUT2D eigenvalue weighted by molar-refractivity contribution is 5.28. The van der Waals surface area contributed by atoms with E-state index in [4.69, 9.17) is 4.42 Å². The molecule has 0 aliphatic carbocycles. The Labute approximate surface area is 99.2 Å². The summed E-state index contributed by atoms with van der Waals surface area (Å²) in [4.78, 5) is 10.6. The summed E-state index contributed by atoms with van der Waals surface area (Å²) >= 11 is 0. The van der Waals surface area contributed by atoms with Crippen molar-refractivity contribution < 1.29 is 8.94 Å². The highest BCUT2D eigenvalue weighted by Gasteiger charge is 2.03. The number of hydrogen-bond acceptors (Lipinski definition) is 4. The molecule has 2 aromatic rings. The number of rotatable bonds is 4. The van der Waals surface area contributed by atoms with Gasteiger partial charge in [-0.05, 0) is 37.4 Å². The van der Waals surface area contributed by atoms with E-state index in [-0.39, 0.29) is 0 Å². The maximum atomic E-state index is 10.6. The summed E-state index contributed by atoms with van der Waals surface area (Å²) < 4.78 is 9.07. The maximum absolute atomic E-state index is 10.6. The van der Waals surface area contributed by atoms with Crippen LogP contribution in [0.15, 0.2) is 31.9 Å². The molecular formula is C13H15NO3. The number of aryl methyl sites for hydroxylation is 4. The summed E-state index contributed by atoms with van der Waals surface area (Å²) in [6, 6.07) is 6.50. The minimum Gasteiger partial charge on any atom is -0.375 e. The van der Waals surface area contributed by atoms with E-state index in [1.807, 2.05) is 0 Å². The third-order valence-electron chi connectivity index (χ3n) is 2.56. The summed E-state index contributed by atoms with van der Waals surface area (Å²) in [6.07, 6.45) is 2.45. The van der Waals surface area contributed by atoms with Gasteiger partial charge in [-0.1, -0.05) is 29.3 Å². The van der Waals surface area contributed by atoms with Crippen LogP contribution in [0.3, 0.4) is 0 Å². The molecule has 0 radical (unpaired) electrons. The number of nitrogens with zero attached hydrogens (tertiary/aromatic N) is 1. The molecule has 17 heavy (non-hydrogen) atoms. The van der Waals surface area contributed by atoms with Gasteiger partial charge in [-0.15, -0.1) is 0 Å². The van der Waals surface area contributed by atoms with Crippen molar-refractivity contribution in [2.45, 2.75) is 33.1 Å². The van der Waals surface area contributed by atoms with Gasteiger partial charge in [0.25, 0.3) is 0 Å². The number of hydrogen-bond donors (Lipinski definition) is 0. The Balaban J connectivity index is 1.91. The summed E-state index contributed by atoms with van der Waals surface area (Å²) in [5, 5.41) is 3.53. The lowest BCUT2D eigenvalue weighted by molar-refractivity contribution is 0.334. The van der Waals surface area contributed by atoms with Crippen LogP contribution >= 0.6 is 0 Å². The molecular weight excluding hydrogens is 218 g/mol. The van der Waals surface area contributed by atoms with Crippen molar-refractivity contribution in [1.82, 2.24) is 5.16 Å². The lowest BCUT2D eigenvalue weighted by Gasteiger charge is -2.03. The smallest absolute Gasteiger partial charge is 0.375 e. The normalized spacial score (nSPS) is 10.7. The summed E-state index contributed by atoms with van der Waals surface area (Å²) in [6.45, 7) is 4.18. The number of aromatic nitrogens is 1. The Morgan fingerprint density at radius 1 is 1.12 bits per heavy atom. The SMILES string of the molecule is Cc1cc(C)cc(CCCc2noc(=O)o2)c1. The van der Waals surface area contributed by atoms with Gasteiger partial charge < -0.3 is 4.42 Å². The molecule has 90 valence electrons. The first kappa shape index (κ1) is 11.6. The Morgan fingerprint density at radius 3 is 2.41 bits per heavy atom. The molecule has 0 saturated heterocycles. The minimum absolute atomic E-state index is 0.374. The van der Waals surface area contributed by atoms with E-state index < -0.39 is 5.82 Å². The molecule has 0 N–H and O–H groups in total. The zero-order chi connectivity index (χ0) is 12.3. The zero-order valence-electron chi connectivity index (χ0n) is 10.0. The van der Waals surface area contributed by atoms with Gasteiger partial charge >= 0.3 is 5.82 Å². The van der Waals surface area contributed by atoms with Crippen molar-refractivity contribution in [3.05, 3.63) is 51.4 Å². The summed E-state index contributed by atoms with van der Waals surface area (Å²) in [5.74, 6) is -0.356. The molecule has 0 spiro atoms. The van der Waals surface area contributed by atoms with Gasteiger partial charge in [0, 0.05) is 6.42 Å². The largest absolute Gasteiger partial charge is 0.542 e. The van der Waals surface area contributed by atoms with Crippen molar-refractivity contribution in [3.8, 4) is 0 Å². The van der Waals surface area contributed by atoms with Crippen LogP contribution in [-0.4, -0.2) is 5.16 Å². The third kappa shape index (κ3) is 3.31. The van der Waals surface area contributed by atoms with Crippen LogP contribution in [0.1, 0.15) is 29.0 Å². The van der Waals surface area contributed by atoms with Crippen molar-refractivity contribution in [1.29, 1.82) is 0 Å². The van der Waals surface area contributed by atoms with Gasteiger partial charge in [0.1, 0.15) is 0 Å². The predicted molar refractivity (Wildman–Crippen MR) is 63.0 cm³/mol. The Hall–Kier alpha value is -1.84. The molecule has 4 heteroatoms. The van der Waals surface area contributed by atoms with Crippen LogP contribution in [0.4, 0.5) is 0 Å². The molecule has 0 aliphatic rings. The fourth-order valence-corrected chi connectivity index (χ4v) is 1.98. The standard InChI is InChI=1S/C13H15NO3/c1-9-6-10(2)8-11(7-9)4-3-5-12-14-17-13(15)16-12/h6-8H,3-5H2,1-2H3. The van der Waals surface area contributed by atoms with Crippen LogP contribution < -0.4 is 5.82 Å². The molecule has 1 heterocycles. The van der Waals surface area contributed by atoms with Crippen LogP contribution in [-0.2, 0) is 12.8 Å². The Kier molecular flexibility index (Phi) is 3.42. The monoisotopic (exact) mass is 233 g/mol. The van der Waals surface area contributed by atoms with Gasteiger partial charge in [-0.3, -0.25) is 4.52 Å². The van der Waals surface area contributed by atoms with Gasteiger partial charge in [0.15, 0.2) is 0 Å². The van der Waals surface area contributed by atoms with Crippen LogP contribution in [0.5, 0.6) is 0 Å². The minimum atomic E-state index is -0.730. The second kappa shape index (κ2) is 4.99. The molecule has 0 aliphatic heterocycles. The molecule has 0 atom stereocenters. The molecule has 0 saturated carbocycles.